The largest absolute Gasteiger partial charge is 0.460 e. The average molecular weight is 265 g/mol. The summed E-state index contributed by atoms with van der Waals surface area (Å²) in [6.07, 6.45) is 2.70. The van der Waals surface area contributed by atoms with Gasteiger partial charge in [0.15, 0.2) is 0 Å². The predicted molar refractivity (Wildman–Crippen MR) is 69.2 cm³/mol. The van der Waals surface area contributed by atoms with Crippen molar-refractivity contribution in [1.29, 1.82) is 0 Å². The molecular weight excluding hydrogens is 246 g/mol. The van der Waals surface area contributed by atoms with Crippen LogP contribution in [0.4, 0.5) is 0 Å². The molecule has 0 aliphatic heterocycles. The van der Waals surface area contributed by atoms with Gasteiger partial charge in [-0.1, -0.05) is 13.0 Å². The quantitative estimate of drug-likeness (QED) is 0.739. The van der Waals surface area contributed by atoms with E-state index in [9.17, 15) is 9.59 Å². The Morgan fingerprint density at radius 2 is 2.05 bits per heavy atom. The topological polar surface area (TPSA) is 65.5 Å². The summed E-state index contributed by atoms with van der Waals surface area (Å²) in [6, 6.07) is 3.36. The summed E-state index contributed by atoms with van der Waals surface area (Å²) in [4.78, 5) is 27.5. The Kier molecular flexibility index (Phi) is 5.99. The monoisotopic (exact) mass is 265 g/mol. The van der Waals surface area contributed by atoms with Crippen LogP contribution in [0.25, 0.3) is 0 Å². The van der Waals surface area contributed by atoms with E-state index in [0.29, 0.717) is 12.0 Å². The van der Waals surface area contributed by atoms with E-state index in [1.165, 1.54) is 6.20 Å². The molecule has 0 bridgehead atoms. The molecule has 0 aliphatic carbocycles. The van der Waals surface area contributed by atoms with Crippen molar-refractivity contribution in [2.45, 2.75) is 45.8 Å². The van der Waals surface area contributed by atoms with Crippen LogP contribution in [0, 0.1) is 0 Å². The number of hydrogen-bond donors (Lipinski definition) is 0. The smallest absolute Gasteiger partial charge is 0.352 e. The molecule has 0 saturated carbocycles. The molecule has 5 heteroatoms. The van der Waals surface area contributed by atoms with Gasteiger partial charge in [0.2, 0.25) is 6.10 Å². The number of nitrogens with zero attached hydrogens (tertiary/aromatic N) is 1. The van der Waals surface area contributed by atoms with Gasteiger partial charge in [0, 0.05) is 24.4 Å². The van der Waals surface area contributed by atoms with Gasteiger partial charge in [0.1, 0.15) is 0 Å². The summed E-state index contributed by atoms with van der Waals surface area (Å²) in [6.45, 7) is 5.35. The molecule has 1 atom stereocenters. The Morgan fingerprint density at radius 1 is 1.32 bits per heavy atom. The fourth-order valence-corrected chi connectivity index (χ4v) is 1.47. The van der Waals surface area contributed by atoms with E-state index in [1.807, 2.05) is 6.92 Å². The third kappa shape index (κ3) is 5.07. The van der Waals surface area contributed by atoms with Crippen LogP contribution in [0.2, 0.25) is 0 Å². The van der Waals surface area contributed by atoms with Gasteiger partial charge < -0.3 is 9.47 Å². The molecular formula is C14H19NO4. The van der Waals surface area contributed by atoms with Crippen molar-refractivity contribution in [3.63, 3.8) is 0 Å². The van der Waals surface area contributed by atoms with Gasteiger partial charge in [0.25, 0.3) is 0 Å². The van der Waals surface area contributed by atoms with E-state index in [-0.39, 0.29) is 12.5 Å². The number of pyridine rings is 1. The first-order chi connectivity index (χ1) is 9.04. The highest BCUT2D eigenvalue weighted by molar-refractivity contribution is 5.80. The van der Waals surface area contributed by atoms with E-state index < -0.39 is 18.0 Å². The van der Waals surface area contributed by atoms with E-state index in [2.05, 4.69) is 4.98 Å². The van der Waals surface area contributed by atoms with Gasteiger partial charge in [-0.25, -0.2) is 4.79 Å². The molecule has 0 fully saturated rings. The Labute approximate surface area is 112 Å². The molecule has 0 saturated heterocycles. The van der Waals surface area contributed by atoms with Gasteiger partial charge in [0.05, 0.1) is 6.10 Å². The number of rotatable bonds is 6. The Bertz CT molecular complexity index is 417. The molecule has 0 amide bonds. The van der Waals surface area contributed by atoms with E-state index >= 15 is 0 Å². The van der Waals surface area contributed by atoms with Crippen LogP contribution in [-0.2, 0) is 19.1 Å². The molecule has 0 aromatic carbocycles. The van der Waals surface area contributed by atoms with E-state index in [4.69, 9.17) is 9.47 Å². The summed E-state index contributed by atoms with van der Waals surface area (Å²) in [5.41, 5.74) is 0.512. The van der Waals surface area contributed by atoms with Crippen molar-refractivity contribution in [2.24, 2.45) is 0 Å². The second-order valence-corrected chi connectivity index (χ2v) is 4.39. The zero-order valence-electron chi connectivity index (χ0n) is 11.5. The van der Waals surface area contributed by atoms with E-state index in [0.717, 1.165) is 0 Å². The molecule has 0 N–H and O–H groups in total. The summed E-state index contributed by atoms with van der Waals surface area (Å²) >= 11 is 0. The minimum absolute atomic E-state index is 0.267. The SMILES string of the molecule is CCCC(=O)OC(C(=O)OC(C)C)c1cccnc1. The first-order valence-corrected chi connectivity index (χ1v) is 6.34. The van der Waals surface area contributed by atoms with Gasteiger partial charge in [-0.05, 0) is 26.3 Å². The summed E-state index contributed by atoms with van der Waals surface area (Å²) in [5, 5.41) is 0. The van der Waals surface area contributed by atoms with Crippen molar-refractivity contribution >= 4 is 11.9 Å². The van der Waals surface area contributed by atoms with Crippen LogP contribution in [0.15, 0.2) is 24.5 Å². The molecule has 5 nitrogen and oxygen atoms in total. The molecule has 1 unspecified atom stereocenters. The summed E-state index contributed by atoms with van der Waals surface area (Å²) < 4.78 is 10.3. The summed E-state index contributed by atoms with van der Waals surface area (Å²) in [5.74, 6) is -0.996. The minimum atomic E-state index is -1.05. The van der Waals surface area contributed by atoms with Crippen molar-refractivity contribution in [2.75, 3.05) is 0 Å². The molecule has 0 spiro atoms. The van der Waals surface area contributed by atoms with Crippen molar-refractivity contribution in [3.8, 4) is 0 Å². The number of carbonyl (C=O) groups excluding carboxylic acids is 2. The fraction of sp³-hybridized carbons (Fsp3) is 0.500. The second-order valence-electron chi connectivity index (χ2n) is 4.39. The highest BCUT2D eigenvalue weighted by Crippen LogP contribution is 2.20. The average Bonchev–Trinajstić information content (AvgIpc) is 2.36. The van der Waals surface area contributed by atoms with Crippen LogP contribution in [-0.4, -0.2) is 23.0 Å². The molecule has 19 heavy (non-hydrogen) atoms. The molecule has 1 aromatic heterocycles. The number of carbonyl (C=O) groups is 2. The number of aromatic nitrogens is 1. The maximum atomic E-state index is 12.0. The molecule has 104 valence electrons. The highest BCUT2D eigenvalue weighted by Gasteiger charge is 2.27. The van der Waals surface area contributed by atoms with Crippen LogP contribution in [0.3, 0.4) is 0 Å². The molecule has 1 aromatic rings. The fourth-order valence-electron chi connectivity index (χ4n) is 1.47. The first-order valence-electron chi connectivity index (χ1n) is 6.34. The summed E-state index contributed by atoms with van der Waals surface area (Å²) in [7, 11) is 0. The number of hydrogen-bond acceptors (Lipinski definition) is 5. The highest BCUT2D eigenvalue weighted by atomic mass is 16.6. The van der Waals surface area contributed by atoms with Crippen LogP contribution >= 0.6 is 0 Å². The van der Waals surface area contributed by atoms with Crippen molar-refractivity contribution in [1.82, 2.24) is 4.98 Å². The lowest BCUT2D eigenvalue weighted by Gasteiger charge is -2.18. The molecule has 0 aliphatic rings. The Morgan fingerprint density at radius 3 is 2.58 bits per heavy atom. The number of esters is 2. The zero-order chi connectivity index (χ0) is 14.3. The predicted octanol–water partition coefficient (Wildman–Crippen LogP) is 2.42. The van der Waals surface area contributed by atoms with Crippen LogP contribution < -0.4 is 0 Å². The first kappa shape index (κ1) is 15.1. The van der Waals surface area contributed by atoms with Crippen molar-refractivity contribution in [3.05, 3.63) is 30.1 Å². The van der Waals surface area contributed by atoms with E-state index in [1.54, 1.807) is 32.2 Å². The van der Waals surface area contributed by atoms with Gasteiger partial charge in [-0.15, -0.1) is 0 Å². The normalized spacial score (nSPS) is 12.0. The van der Waals surface area contributed by atoms with Crippen LogP contribution in [0.1, 0.15) is 45.3 Å². The molecule has 1 heterocycles. The van der Waals surface area contributed by atoms with Gasteiger partial charge in [-0.3, -0.25) is 9.78 Å². The Balaban J connectivity index is 2.85. The maximum Gasteiger partial charge on any atom is 0.352 e. The van der Waals surface area contributed by atoms with Gasteiger partial charge >= 0.3 is 11.9 Å². The standard InChI is InChI=1S/C14H19NO4/c1-4-6-12(16)19-13(14(17)18-10(2)3)11-7-5-8-15-9-11/h5,7-10,13H,4,6H2,1-3H3. The third-order valence-corrected chi connectivity index (χ3v) is 2.26. The lowest BCUT2D eigenvalue weighted by molar-refractivity contribution is -0.171. The minimum Gasteiger partial charge on any atom is -0.460 e. The third-order valence-electron chi connectivity index (χ3n) is 2.26. The number of ether oxygens (including phenoxy) is 2. The van der Waals surface area contributed by atoms with Crippen molar-refractivity contribution < 1.29 is 19.1 Å². The second kappa shape index (κ2) is 7.51. The maximum absolute atomic E-state index is 12.0. The zero-order valence-corrected chi connectivity index (χ0v) is 11.5. The molecule has 1 rings (SSSR count). The van der Waals surface area contributed by atoms with Crippen LogP contribution in [0.5, 0.6) is 0 Å². The Hall–Kier alpha value is -1.91. The lowest BCUT2D eigenvalue weighted by Crippen LogP contribution is -2.24. The molecule has 0 radical (unpaired) electrons. The lowest BCUT2D eigenvalue weighted by atomic mass is 10.1. The van der Waals surface area contributed by atoms with Gasteiger partial charge in [-0.2, -0.15) is 0 Å².